The van der Waals surface area contributed by atoms with Crippen molar-refractivity contribution in [2.45, 2.75) is 32.0 Å². The van der Waals surface area contributed by atoms with E-state index in [1.807, 2.05) is 0 Å². The van der Waals surface area contributed by atoms with Crippen LogP contribution in [0.15, 0.2) is 24.3 Å². The number of benzene rings is 1. The monoisotopic (exact) mass is 260 g/mol. The van der Waals surface area contributed by atoms with E-state index < -0.39 is 0 Å². The minimum Gasteiger partial charge on any atom is -0.380 e. The standard InChI is InChI=1S/C16H24N2O/c1-19-12-15-5-3-2-4-13(15)10-17-16-7-9-18-8-6-14(16)11-18/h2-5,14,16-17H,6-12H2,1H3. The van der Waals surface area contributed by atoms with Gasteiger partial charge in [0, 0.05) is 26.2 Å². The number of rotatable bonds is 5. The molecule has 2 heterocycles. The molecular weight excluding hydrogens is 236 g/mol. The number of nitrogens with one attached hydrogen (secondary N) is 1. The summed E-state index contributed by atoms with van der Waals surface area (Å²) in [4.78, 5) is 2.60. The predicted molar refractivity (Wildman–Crippen MR) is 76.9 cm³/mol. The van der Waals surface area contributed by atoms with Crippen LogP contribution in [0.3, 0.4) is 0 Å². The van der Waals surface area contributed by atoms with E-state index in [2.05, 4.69) is 34.5 Å². The maximum Gasteiger partial charge on any atom is 0.0716 e. The SMILES string of the molecule is COCc1ccccc1CNC1CCN2CCC1C2. The van der Waals surface area contributed by atoms with Crippen molar-refractivity contribution in [3.05, 3.63) is 35.4 Å². The second-order valence-electron chi connectivity index (χ2n) is 5.83. The van der Waals surface area contributed by atoms with Crippen LogP contribution in [-0.2, 0) is 17.9 Å². The predicted octanol–water partition coefficient (Wildman–Crippen LogP) is 2.02. The Balaban J connectivity index is 1.59. The van der Waals surface area contributed by atoms with Gasteiger partial charge in [0.2, 0.25) is 0 Å². The molecule has 3 unspecified atom stereocenters. The molecule has 3 nitrogen and oxygen atoms in total. The summed E-state index contributed by atoms with van der Waals surface area (Å²) in [6.07, 6.45) is 2.68. The molecule has 3 rings (SSSR count). The molecule has 1 aromatic carbocycles. The lowest BCUT2D eigenvalue weighted by atomic mass is 9.94. The van der Waals surface area contributed by atoms with Crippen molar-refractivity contribution in [3.63, 3.8) is 0 Å². The van der Waals surface area contributed by atoms with Crippen molar-refractivity contribution in [3.8, 4) is 0 Å². The molecule has 1 aromatic rings. The number of hydrogen-bond donors (Lipinski definition) is 1. The van der Waals surface area contributed by atoms with E-state index in [-0.39, 0.29) is 0 Å². The third-order valence-corrected chi connectivity index (χ3v) is 4.61. The summed E-state index contributed by atoms with van der Waals surface area (Å²) in [6, 6.07) is 9.29. The number of ether oxygens (including phenoxy) is 1. The van der Waals surface area contributed by atoms with Gasteiger partial charge >= 0.3 is 0 Å². The van der Waals surface area contributed by atoms with Crippen molar-refractivity contribution in [2.24, 2.45) is 5.92 Å². The molecule has 2 saturated heterocycles. The molecule has 2 aliphatic rings. The van der Waals surface area contributed by atoms with Crippen LogP contribution in [0.25, 0.3) is 0 Å². The number of hydrogen-bond acceptors (Lipinski definition) is 3. The Morgan fingerprint density at radius 2 is 2.00 bits per heavy atom. The van der Waals surface area contributed by atoms with Gasteiger partial charge in [-0.2, -0.15) is 0 Å². The molecule has 0 aromatic heterocycles. The van der Waals surface area contributed by atoms with Crippen LogP contribution in [-0.4, -0.2) is 37.7 Å². The average molecular weight is 260 g/mol. The van der Waals surface area contributed by atoms with Gasteiger partial charge in [-0.3, -0.25) is 0 Å². The van der Waals surface area contributed by atoms with Crippen LogP contribution >= 0.6 is 0 Å². The van der Waals surface area contributed by atoms with Crippen LogP contribution in [0.4, 0.5) is 0 Å². The van der Waals surface area contributed by atoms with Crippen LogP contribution in [0, 0.1) is 5.92 Å². The highest BCUT2D eigenvalue weighted by Crippen LogP contribution is 2.27. The molecular formula is C16H24N2O. The Kier molecular flexibility index (Phi) is 4.16. The molecule has 2 bridgehead atoms. The van der Waals surface area contributed by atoms with E-state index in [1.54, 1.807) is 7.11 Å². The van der Waals surface area contributed by atoms with E-state index in [9.17, 15) is 0 Å². The van der Waals surface area contributed by atoms with E-state index in [4.69, 9.17) is 4.74 Å². The van der Waals surface area contributed by atoms with Gasteiger partial charge in [0.05, 0.1) is 6.61 Å². The maximum atomic E-state index is 5.27. The second kappa shape index (κ2) is 6.04. The molecule has 0 spiro atoms. The highest BCUT2D eigenvalue weighted by Gasteiger charge is 2.33. The second-order valence-corrected chi connectivity index (χ2v) is 5.83. The first kappa shape index (κ1) is 13.1. The Hall–Kier alpha value is -0.900. The molecule has 1 N–H and O–H groups in total. The molecule has 0 saturated carbocycles. The van der Waals surface area contributed by atoms with Crippen LogP contribution in [0.1, 0.15) is 24.0 Å². The van der Waals surface area contributed by atoms with Crippen molar-refractivity contribution in [1.29, 1.82) is 0 Å². The summed E-state index contributed by atoms with van der Waals surface area (Å²) in [7, 11) is 1.76. The van der Waals surface area contributed by atoms with Gasteiger partial charge < -0.3 is 15.0 Å². The van der Waals surface area contributed by atoms with Crippen molar-refractivity contribution >= 4 is 0 Å². The number of nitrogens with zero attached hydrogens (tertiary/aromatic N) is 1. The van der Waals surface area contributed by atoms with Gasteiger partial charge in [0.15, 0.2) is 0 Å². The normalized spacial score (nSPS) is 29.6. The zero-order valence-electron chi connectivity index (χ0n) is 11.8. The lowest BCUT2D eigenvalue weighted by Gasteiger charge is -2.31. The fourth-order valence-corrected chi connectivity index (χ4v) is 3.49. The lowest BCUT2D eigenvalue weighted by molar-refractivity contribution is 0.183. The summed E-state index contributed by atoms with van der Waals surface area (Å²) in [6.45, 7) is 5.56. The number of methoxy groups -OCH3 is 1. The molecule has 19 heavy (non-hydrogen) atoms. The van der Waals surface area contributed by atoms with Crippen molar-refractivity contribution < 1.29 is 4.74 Å². The Labute approximate surface area is 115 Å². The van der Waals surface area contributed by atoms with E-state index in [0.717, 1.165) is 12.5 Å². The fraction of sp³-hybridized carbons (Fsp3) is 0.625. The van der Waals surface area contributed by atoms with Crippen molar-refractivity contribution in [1.82, 2.24) is 10.2 Å². The highest BCUT2D eigenvalue weighted by atomic mass is 16.5. The van der Waals surface area contributed by atoms with Crippen LogP contribution < -0.4 is 5.32 Å². The maximum absolute atomic E-state index is 5.27. The summed E-state index contributed by atoms with van der Waals surface area (Å²) in [5, 5.41) is 3.78. The van der Waals surface area contributed by atoms with Crippen molar-refractivity contribution in [2.75, 3.05) is 26.7 Å². The third-order valence-electron chi connectivity index (χ3n) is 4.61. The lowest BCUT2D eigenvalue weighted by Crippen LogP contribution is -2.43. The number of fused-ring (bicyclic) bond motifs is 2. The zero-order chi connectivity index (χ0) is 13.1. The topological polar surface area (TPSA) is 24.5 Å². The first-order valence-corrected chi connectivity index (χ1v) is 7.38. The minimum absolute atomic E-state index is 0.703. The molecule has 104 valence electrons. The number of piperidine rings is 1. The summed E-state index contributed by atoms with van der Waals surface area (Å²) < 4.78 is 5.27. The quantitative estimate of drug-likeness (QED) is 0.876. The van der Waals surface area contributed by atoms with Crippen LogP contribution in [0.5, 0.6) is 0 Å². The van der Waals surface area contributed by atoms with E-state index >= 15 is 0 Å². The Morgan fingerprint density at radius 1 is 1.21 bits per heavy atom. The average Bonchev–Trinajstić information content (AvgIpc) is 2.82. The van der Waals surface area contributed by atoms with Crippen LogP contribution in [0.2, 0.25) is 0 Å². The first-order valence-electron chi connectivity index (χ1n) is 7.38. The highest BCUT2D eigenvalue weighted by molar-refractivity contribution is 5.26. The van der Waals surface area contributed by atoms with Gasteiger partial charge in [-0.25, -0.2) is 0 Å². The van der Waals surface area contributed by atoms with E-state index in [0.29, 0.717) is 12.6 Å². The molecule has 2 aliphatic heterocycles. The van der Waals surface area contributed by atoms with Gasteiger partial charge in [-0.1, -0.05) is 24.3 Å². The van der Waals surface area contributed by atoms with E-state index in [1.165, 1.54) is 43.6 Å². The smallest absolute Gasteiger partial charge is 0.0716 e. The fourth-order valence-electron chi connectivity index (χ4n) is 3.49. The summed E-state index contributed by atoms with van der Waals surface area (Å²) in [5.74, 6) is 0.864. The minimum atomic E-state index is 0.703. The molecule has 2 fully saturated rings. The molecule has 3 atom stereocenters. The van der Waals surface area contributed by atoms with Gasteiger partial charge in [-0.05, 0) is 43.0 Å². The molecule has 0 aliphatic carbocycles. The molecule has 3 heteroatoms. The largest absolute Gasteiger partial charge is 0.380 e. The van der Waals surface area contributed by atoms with Gasteiger partial charge in [0.25, 0.3) is 0 Å². The molecule has 0 amide bonds. The van der Waals surface area contributed by atoms with Gasteiger partial charge in [-0.15, -0.1) is 0 Å². The van der Waals surface area contributed by atoms with Gasteiger partial charge in [0.1, 0.15) is 0 Å². The Bertz CT molecular complexity index is 421. The summed E-state index contributed by atoms with van der Waals surface area (Å²) in [5.41, 5.74) is 2.69. The summed E-state index contributed by atoms with van der Waals surface area (Å²) >= 11 is 0. The first-order chi connectivity index (χ1) is 9.36. The molecule has 0 radical (unpaired) electrons. The Morgan fingerprint density at radius 3 is 2.84 bits per heavy atom. The zero-order valence-corrected chi connectivity index (χ0v) is 11.8. The third kappa shape index (κ3) is 2.99.